The molecule has 20 heavy (non-hydrogen) atoms. The topological polar surface area (TPSA) is 201 Å². The van der Waals surface area contributed by atoms with Crippen molar-refractivity contribution in [2.45, 2.75) is 12.5 Å². The van der Waals surface area contributed by atoms with E-state index in [1.807, 2.05) is 0 Å². The van der Waals surface area contributed by atoms with E-state index in [1.165, 1.54) is 0 Å². The Bertz CT molecular complexity index is 523. The van der Waals surface area contributed by atoms with Crippen molar-refractivity contribution in [3.63, 3.8) is 0 Å². The van der Waals surface area contributed by atoms with Crippen LogP contribution in [0, 0.1) is 20.2 Å². The highest BCUT2D eigenvalue weighted by molar-refractivity contribution is 5.74. The molecule has 0 aliphatic rings. The molecule has 0 bridgehead atoms. The van der Waals surface area contributed by atoms with Gasteiger partial charge in [-0.1, -0.05) is 0 Å². The molecule has 0 aliphatic carbocycles. The van der Waals surface area contributed by atoms with Crippen molar-refractivity contribution in [1.29, 1.82) is 0 Å². The van der Waals surface area contributed by atoms with E-state index < -0.39 is 39.0 Å². The minimum atomic E-state index is -1.36. The van der Waals surface area contributed by atoms with Crippen LogP contribution in [0.15, 0.2) is 12.1 Å². The number of carbonyl (C=O) groups is 1. The van der Waals surface area contributed by atoms with Gasteiger partial charge in [0, 0.05) is 12.1 Å². The molecule has 6 N–H and O–H groups in total. The largest absolute Gasteiger partial charge is 0.497 e. The summed E-state index contributed by atoms with van der Waals surface area (Å²) >= 11 is 0. The molecule has 0 radical (unpaired) electrons. The number of hydrogen-bond acceptors (Lipinski definition) is 7. The van der Waals surface area contributed by atoms with E-state index in [0.717, 1.165) is 12.1 Å². The van der Waals surface area contributed by atoms with Crippen LogP contribution in [-0.4, -0.2) is 37.5 Å². The third-order valence-corrected chi connectivity index (χ3v) is 2.30. The van der Waals surface area contributed by atoms with E-state index in [9.17, 15) is 30.1 Å². The lowest BCUT2D eigenvalue weighted by molar-refractivity contribution is -0.396. The lowest BCUT2D eigenvalue weighted by atomic mass is 10.0. The highest BCUT2D eigenvalue weighted by Crippen LogP contribution is 2.36. The highest BCUT2D eigenvalue weighted by atomic mass is 16.6. The molecule has 11 nitrogen and oxygen atoms in total. The molecule has 1 aromatic carbocycles. The smallest absolute Gasteiger partial charge is 0.320 e. The molecule has 0 saturated carbocycles. The standard InChI is InChI=1S/C9H9N3O7.H2O/c10-5(9(14)15)1-4-2-6(11(16)17)8(13)7(3-4)12(18)19;/h2-3,5,13H,1,10H2,(H,14,15);1H2/t5-;/m0./s1. The summed E-state index contributed by atoms with van der Waals surface area (Å²) in [4.78, 5) is 29.9. The van der Waals surface area contributed by atoms with E-state index >= 15 is 0 Å². The lowest BCUT2D eigenvalue weighted by Gasteiger charge is -2.07. The second kappa shape index (κ2) is 6.40. The fourth-order valence-corrected chi connectivity index (χ4v) is 1.40. The van der Waals surface area contributed by atoms with Crippen molar-refractivity contribution in [3.05, 3.63) is 37.9 Å². The summed E-state index contributed by atoms with van der Waals surface area (Å²) in [5.74, 6) is -2.43. The van der Waals surface area contributed by atoms with Gasteiger partial charge < -0.3 is 21.4 Å². The number of phenolic OH excluding ortho intramolecular Hbond substituents is 1. The van der Waals surface area contributed by atoms with Gasteiger partial charge in [0.25, 0.3) is 5.75 Å². The van der Waals surface area contributed by atoms with Gasteiger partial charge in [0.2, 0.25) is 0 Å². The Morgan fingerprint density at radius 2 is 1.65 bits per heavy atom. The van der Waals surface area contributed by atoms with Gasteiger partial charge in [-0.25, -0.2) is 0 Å². The number of phenols is 1. The molecule has 0 amide bonds. The predicted molar refractivity (Wildman–Crippen MR) is 64.3 cm³/mol. The van der Waals surface area contributed by atoms with Crippen LogP contribution in [0.4, 0.5) is 11.4 Å². The Hall–Kier alpha value is -2.79. The zero-order chi connectivity index (χ0) is 14.7. The fourth-order valence-electron chi connectivity index (χ4n) is 1.40. The van der Waals surface area contributed by atoms with E-state index in [4.69, 9.17) is 10.8 Å². The van der Waals surface area contributed by atoms with Crippen molar-refractivity contribution in [2.75, 3.05) is 0 Å². The number of aromatic hydroxyl groups is 1. The van der Waals surface area contributed by atoms with Gasteiger partial charge in [-0.2, -0.15) is 0 Å². The molecule has 1 atom stereocenters. The molecule has 11 heteroatoms. The summed E-state index contributed by atoms with van der Waals surface area (Å²) in [7, 11) is 0. The van der Waals surface area contributed by atoms with Gasteiger partial charge >= 0.3 is 17.3 Å². The normalized spacial score (nSPS) is 11.2. The number of nitrogens with zero attached hydrogens (tertiary/aromatic N) is 2. The van der Waals surface area contributed by atoms with Gasteiger partial charge in [0.15, 0.2) is 0 Å². The number of benzene rings is 1. The van der Waals surface area contributed by atoms with Crippen LogP contribution < -0.4 is 5.73 Å². The second-order valence-corrected chi connectivity index (χ2v) is 3.65. The monoisotopic (exact) mass is 289 g/mol. The lowest BCUT2D eigenvalue weighted by Crippen LogP contribution is -2.32. The molecule has 0 spiro atoms. The van der Waals surface area contributed by atoms with Crippen LogP contribution in [0.3, 0.4) is 0 Å². The molecule has 1 aromatic rings. The Kier molecular flexibility index (Phi) is 5.51. The maximum absolute atomic E-state index is 10.6. The first-order chi connectivity index (χ1) is 8.73. The van der Waals surface area contributed by atoms with E-state index in [-0.39, 0.29) is 17.5 Å². The summed E-state index contributed by atoms with van der Waals surface area (Å²) < 4.78 is 0. The van der Waals surface area contributed by atoms with E-state index in [1.54, 1.807) is 0 Å². The Balaban J connectivity index is 0.00000361. The number of nitro benzene ring substituents is 2. The number of hydrogen-bond donors (Lipinski definition) is 3. The van der Waals surface area contributed by atoms with Gasteiger partial charge in [0.05, 0.1) is 9.85 Å². The summed E-state index contributed by atoms with van der Waals surface area (Å²) in [5, 5.41) is 39.3. The van der Waals surface area contributed by atoms with Gasteiger partial charge in [-0.3, -0.25) is 25.0 Å². The molecule has 0 heterocycles. The average Bonchev–Trinajstić information content (AvgIpc) is 2.30. The SMILES string of the molecule is N[C@@H](Cc1cc([N+](=O)[O-])c(O)c([N+](=O)[O-])c1)C(=O)O.O. The first-order valence-corrected chi connectivity index (χ1v) is 4.87. The van der Waals surface area contributed by atoms with Crippen molar-refractivity contribution in [2.24, 2.45) is 5.73 Å². The average molecular weight is 289 g/mol. The summed E-state index contributed by atoms with van der Waals surface area (Å²) in [6.07, 6.45) is -0.336. The van der Waals surface area contributed by atoms with Gasteiger partial charge in [-0.15, -0.1) is 0 Å². The number of rotatable bonds is 5. The second-order valence-electron chi connectivity index (χ2n) is 3.65. The zero-order valence-electron chi connectivity index (χ0n) is 9.85. The van der Waals surface area contributed by atoms with Crippen molar-refractivity contribution in [3.8, 4) is 5.75 Å². The van der Waals surface area contributed by atoms with Crippen LogP contribution in [0.5, 0.6) is 5.75 Å². The molecule has 0 aromatic heterocycles. The number of aliphatic carboxylic acids is 1. The number of carboxylic acids is 1. The summed E-state index contributed by atoms with van der Waals surface area (Å²) in [5.41, 5.74) is 3.47. The Morgan fingerprint density at radius 3 is 1.95 bits per heavy atom. The molecule has 0 aliphatic heterocycles. The highest BCUT2D eigenvalue weighted by Gasteiger charge is 2.27. The van der Waals surface area contributed by atoms with Crippen molar-refractivity contribution in [1.82, 2.24) is 0 Å². The minimum Gasteiger partial charge on any atom is -0.497 e. The number of carboxylic acid groups (broad SMARTS) is 1. The van der Waals surface area contributed by atoms with Crippen molar-refractivity contribution >= 4 is 17.3 Å². The third kappa shape index (κ3) is 3.60. The number of nitro groups is 2. The van der Waals surface area contributed by atoms with Crippen LogP contribution in [-0.2, 0) is 11.2 Å². The molecule has 0 saturated heterocycles. The van der Waals surface area contributed by atoms with Crippen molar-refractivity contribution < 1.29 is 30.3 Å². The third-order valence-electron chi connectivity index (χ3n) is 2.30. The maximum Gasteiger partial charge on any atom is 0.320 e. The quantitative estimate of drug-likeness (QED) is 0.467. The van der Waals surface area contributed by atoms with Crippen LogP contribution in [0.2, 0.25) is 0 Å². The molecule has 0 unspecified atom stereocenters. The first-order valence-electron chi connectivity index (χ1n) is 4.87. The maximum atomic E-state index is 10.6. The van der Waals surface area contributed by atoms with Crippen LogP contribution in [0.1, 0.15) is 5.56 Å². The van der Waals surface area contributed by atoms with Crippen LogP contribution >= 0.6 is 0 Å². The fraction of sp³-hybridized carbons (Fsp3) is 0.222. The first kappa shape index (κ1) is 17.2. The Labute approximate surface area is 110 Å². The zero-order valence-corrected chi connectivity index (χ0v) is 9.85. The van der Waals surface area contributed by atoms with E-state index in [0.29, 0.717) is 0 Å². The molecule has 0 fully saturated rings. The molecular weight excluding hydrogens is 278 g/mol. The number of nitrogens with two attached hydrogens (primary N) is 1. The minimum absolute atomic E-state index is 0. The Morgan fingerprint density at radius 1 is 1.25 bits per heavy atom. The van der Waals surface area contributed by atoms with E-state index in [2.05, 4.69) is 0 Å². The van der Waals surface area contributed by atoms with Gasteiger partial charge in [-0.05, 0) is 12.0 Å². The van der Waals surface area contributed by atoms with Crippen LogP contribution in [0.25, 0.3) is 0 Å². The summed E-state index contributed by atoms with van der Waals surface area (Å²) in [6, 6.07) is 0.347. The summed E-state index contributed by atoms with van der Waals surface area (Å²) in [6.45, 7) is 0. The molecule has 110 valence electrons. The molecular formula is C9H11N3O8. The predicted octanol–water partition coefficient (Wildman–Crippen LogP) is -0.662. The molecule has 1 rings (SSSR count). The van der Waals surface area contributed by atoms with Gasteiger partial charge in [0.1, 0.15) is 6.04 Å².